The van der Waals surface area contributed by atoms with E-state index in [1.165, 1.54) is 11.3 Å². The fourth-order valence-electron chi connectivity index (χ4n) is 1.74. The Labute approximate surface area is 139 Å². The summed E-state index contributed by atoms with van der Waals surface area (Å²) in [7, 11) is 1.89. The van der Waals surface area contributed by atoms with Gasteiger partial charge in [-0.3, -0.25) is 0 Å². The minimum Gasteiger partial charge on any atom is -0.309 e. The molecule has 1 aromatic carbocycles. The fraction of sp³-hybridized carbons (Fsp3) is 0.167. The molecular weight excluding hydrogens is 423 g/mol. The molecule has 1 aromatic heterocycles. The molecule has 6 heteroatoms. The van der Waals surface area contributed by atoms with Gasteiger partial charge in [0, 0.05) is 9.13 Å². The van der Waals surface area contributed by atoms with Crippen molar-refractivity contribution in [3.05, 3.63) is 52.7 Å². The van der Waals surface area contributed by atoms with E-state index in [9.17, 15) is 0 Å². The molecule has 2 rings (SSSR count). The third kappa shape index (κ3) is 3.14. The van der Waals surface area contributed by atoms with Gasteiger partial charge in [0.15, 0.2) is 0 Å². The Morgan fingerprint density at radius 1 is 1.22 bits per heavy atom. The lowest BCUT2D eigenvalue weighted by molar-refractivity contribution is 0.694. The Kier molecular flexibility index (Phi) is 5.20. The number of rotatable bonds is 3. The van der Waals surface area contributed by atoms with Crippen LogP contribution in [0.4, 0.5) is 0 Å². The van der Waals surface area contributed by atoms with E-state index >= 15 is 0 Å². The minimum atomic E-state index is -0.00394. The van der Waals surface area contributed by atoms with Gasteiger partial charge in [-0.2, -0.15) is 0 Å². The smallest absolute Gasteiger partial charge is 0.0995 e. The van der Waals surface area contributed by atoms with Crippen LogP contribution in [0, 0.1) is 3.57 Å². The standard InChI is InChI=1S/C12H9Cl3INS/c1-17-11(7-5-10(14)18-12(7)15)6-2-3-9(16)8(13)4-6/h2-5,11,17H,1H3. The van der Waals surface area contributed by atoms with Crippen LogP contribution in [0.2, 0.25) is 13.7 Å². The van der Waals surface area contributed by atoms with Crippen molar-refractivity contribution in [1.82, 2.24) is 5.32 Å². The molecule has 1 atom stereocenters. The van der Waals surface area contributed by atoms with Gasteiger partial charge in [0.05, 0.1) is 19.7 Å². The Hall–Kier alpha value is 0.480. The molecular formula is C12H9Cl3INS. The van der Waals surface area contributed by atoms with Crippen molar-refractivity contribution in [2.75, 3.05) is 7.05 Å². The topological polar surface area (TPSA) is 12.0 Å². The van der Waals surface area contributed by atoms with Crippen molar-refractivity contribution in [2.45, 2.75) is 6.04 Å². The van der Waals surface area contributed by atoms with Gasteiger partial charge in [-0.25, -0.2) is 0 Å². The molecule has 0 spiro atoms. The summed E-state index contributed by atoms with van der Waals surface area (Å²) >= 11 is 21.9. The zero-order valence-corrected chi connectivity index (χ0v) is 14.5. The molecule has 0 amide bonds. The van der Waals surface area contributed by atoms with Crippen molar-refractivity contribution < 1.29 is 0 Å². The Balaban J connectivity index is 2.45. The summed E-state index contributed by atoms with van der Waals surface area (Å²) in [5.74, 6) is 0. The van der Waals surface area contributed by atoms with Crippen LogP contribution in [0.1, 0.15) is 17.2 Å². The second kappa shape index (κ2) is 6.29. The summed E-state index contributed by atoms with van der Waals surface area (Å²) in [6.07, 6.45) is 0. The lowest BCUT2D eigenvalue weighted by Gasteiger charge is -2.16. The zero-order chi connectivity index (χ0) is 13.3. The van der Waals surface area contributed by atoms with E-state index in [1.54, 1.807) is 0 Å². The summed E-state index contributed by atoms with van der Waals surface area (Å²) in [6, 6.07) is 7.87. The van der Waals surface area contributed by atoms with E-state index in [4.69, 9.17) is 34.8 Å². The van der Waals surface area contributed by atoms with Gasteiger partial charge in [-0.15, -0.1) is 11.3 Å². The van der Waals surface area contributed by atoms with Gasteiger partial charge >= 0.3 is 0 Å². The summed E-state index contributed by atoms with van der Waals surface area (Å²) in [5, 5.41) is 3.98. The van der Waals surface area contributed by atoms with Crippen molar-refractivity contribution >= 4 is 68.7 Å². The number of benzene rings is 1. The van der Waals surface area contributed by atoms with Crippen LogP contribution in [0.3, 0.4) is 0 Å². The van der Waals surface area contributed by atoms with Gasteiger partial charge in [0.1, 0.15) is 0 Å². The van der Waals surface area contributed by atoms with Gasteiger partial charge in [-0.05, 0) is 53.4 Å². The van der Waals surface area contributed by atoms with Crippen molar-refractivity contribution in [1.29, 1.82) is 0 Å². The largest absolute Gasteiger partial charge is 0.309 e. The predicted octanol–water partition coefficient (Wildman–Crippen LogP) is 5.62. The molecule has 0 saturated carbocycles. The molecule has 0 aliphatic carbocycles. The fourth-order valence-corrected chi connectivity index (χ4v) is 3.80. The van der Waals surface area contributed by atoms with Gasteiger partial charge in [0.25, 0.3) is 0 Å². The van der Waals surface area contributed by atoms with Crippen LogP contribution < -0.4 is 5.32 Å². The van der Waals surface area contributed by atoms with E-state index in [0.29, 0.717) is 8.67 Å². The molecule has 18 heavy (non-hydrogen) atoms. The molecule has 96 valence electrons. The van der Waals surface area contributed by atoms with E-state index < -0.39 is 0 Å². The van der Waals surface area contributed by atoms with Crippen molar-refractivity contribution in [3.8, 4) is 0 Å². The second-order valence-corrected chi connectivity index (χ2v) is 7.53. The van der Waals surface area contributed by atoms with Gasteiger partial charge in [0.2, 0.25) is 0 Å². The van der Waals surface area contributed by atoms with Crippen molar-refractivity contribution in [3.63, 3.8) is 0 Å². The molecule has 1 N–H and O–H groups in total. The molecule has 0 aliphatic heterocycles. The summed E-state index contributed by atoms with van der Waals surface area (Å²) in [6.45, 7) is 0. The Morgan fingerprint density at radius 2 is 1.94 bits per heavy atom. The normalized spacial score (nSPS) is 12.7. The van der Waals surface area contributed by atoms with Crippen molar-refractivity contribution in [2.24, 2.45) is 0 Å². The average molecular weight is 433 g/mol. The summed E-state index contributed by atoms with van der Waals surface area (Å²) in [4.78, 5) is 0. The zero-order valence-electron chi connectivity index (χ0n) is 9.31. The van der Waals surface area contributed by atoms with E-state index in [2.05, 4.69) is 27.9 Å². The molecule has 2 aromatic rings. The summed E-state index contributed by atoms with van der Waals surface area (Å²) < 4.78 is 2.42. The number of halogens is 4. The first-order valence-electron chi connectivity index (χ1n) is 5.10. The maximum absolute atomic E-state index is 6.20. The first-order valence-corrected chi connectivity index (χ1v) is 8.12. The first-order chi connectivity index (χ1) is 8.52. The Morgan fingerprint density at radius 3 is 2.44 bits per heavy atom. The Bertz CT molecular complexity index is 570. The molecule has 0 bridgehead atoms. The van der Waals surface area contributed by atoms with Crippen LogP contribution in [-0.4, -0.2) is 7.05 Å². The van der Waals surface area contributed by atoms with Crippen LogP contribution in [-0.2, 0) is 0 Å². The molecule has 0 aliphatic rings. The molecule has 1 nitrogen and oxygen atoms in total. The number of thiophene rings is 1. The minimum absolute atomic E-state index is 0.00394. The monoisotopic (exact) mass is 431 g/mol. The van der Waals surface area contributed by atoms with E-state index in [-0.39, 0.29) is 6.04 Å². The molecule has 1 unspecified atom stereocenters. The number of hydrogen-bond acceptors (Lipinski definition) is 2. The van der Waals surface area contributed by atoms with Gasteiger partial charge in [-0.1, -0.05) is 40.9 Å². The SMILES string of the molecule is CNC(c1ccc(I)c(Cl)c1)c1cc(Cl)sc1Cl. The van der Waals surface area contributed by atoms with E-state index in [1.807, 2.05) is 31.3 Å². The molecule has 0 saturated heterocycles. The third-order valence-electron chi connectivity index (χ3n) is 2.56. The van der Waals surface area contributed by atoms with Crippen LogP contribution in [0.25, 0.3) is 0 Å². The molecule has 0 radical (unpaired) electrons. The average Bonchev–Trinajstić information content (AvgIpc) is 2.64. The highest BCUT2D eigenvalue weighted by molar-refractivity contribution is 14.1. The summed E-state index contributed by atoms with van der Waals surface area (Å²) in [5.41, 5.74) is 2.05. The predicted molar refractivity (Wildman–Crippen MR) is 89.4 cm³/mol. The third-order valence-corrected chi connectivity index (χ3v) is 5.65. The van der Waals surface area contributed by atoms with Gasteiger partial charge < -0.3 is 5.32 Å². The molecule has 1 heterocycles. The number of nitrogens with one attached hydrogen (secondary N) is 1. The maximum Gasteiger partial charge on any atom is 0.0995 e. The first kappa shape index (κ1) is 14.9. The second-order valence-electron chi connectivity index (χ2n) is 3.67. The molecule has 0 fully saturated rings. The maximum atomic E-state index is 6.20. The number of hydrogen-bond donors (Lipinski definition) is 1. The quantitative estimate of drug-likeness (QED) is 0.621. The van der Waals surface area contributed by atoms with Crippen LogP contribution in [0.15, 0.2) is 24.3 Å². The van der Waals surface area contributed by atoms with Crippen LogP contribution in [0.5, 0.6) is 0 Å². The highest BCUT2D eigenvalue weighted by Crippen LogP contribution is 2.38. The lowest BCUT2D eigenvalue weighted by atomic mass is 10.0. The highest BCUT2D eigenvalue weighted by atomic mass is 127. The lowest BCUT2D eigenvalue weighted by Crippen LogP contribution is -2.17. The van der Waals surface area contributed by atoms with E-state index in [0.717, 1.165) is 19.7 Å². The van der Waals surface area contributed by atoms with Crippen LogP contribution >= 0.6 is 68.7 Å². The highest BCUT2D eigenvalue weighted by Gasteiger charge is 2.18.